The summed E-state index contributed by atoms with van der Waals surface area (Å²) >= 11 is 0. The Morgan fingerprint density at radius 2 is 2.06 bits per heavy atom. The Labute approximate surface area is 203 Å². The summed E-state index contributed by atoms with van der Waals surface area (Å²) in [5.41, 5.74) is 1.84. The van der Waals surface area contributed by atoms with Crippen LogP contribution in [-0.4, -0.2) is 61.4 Å². The molecule has 0 saturated carbocycles. The van der Waals surface area contributed by atoms with Gasteiger partial charge >= 0.3 is 6.03 Å². The Bertz CT molecular complexity index is 1210. The fraction of sp³-hybridized carbons (Fsp3) is 0.375. The molecule has 0 spiro atoms. The van der Waals surface area contributed by atoms with E-state index in [1.807, 2.05) is 13.8 Å². The van der Waals surface area contributed by atoms with Crippen molar-refractivity contribution >= 4 is 17.8 Å². The summed E-state index contributed by atoms with van der Waals surface area (Å²) in [6.45, 7) is 4.85. The van der Waals surface area contributed by atoms with Gasteiger partial charge in [0.1, 0.15) is 23.7 Å². The molecule has 3 heterocycles. The van der Waals surface area contributed by atoms with Crippen molar-refractivity contribution in [1.82, 2.24) is 30.0 Å². The minimum atomic E-state index is -0.648. The number of aromatic nitrogens is 4. The number of pyridine rings is 1. The van der Waals surface area contributed by atoms with Crippen molar-refractivity contribution in [1.29, 1.82) is 0 Å². The van der Waals surface area contributed by atoms with Gasteiger partial charge in [-0.25, -0.2) is 14.2 Å². The SMILES string of the molecule is C.CCNC(=O)N1CCc2cc(F)c(C(=O)Nc3cccc(-c4nncn4[C@H](C)CO)n3)cc2C1. The quantitative estimate of drug-likeness (QED) is 0.495. The first-order valence-electron chi connectivity index (χ1n) is 11.0. The number of nitrogens with one attached hydrogen (secondary N) is 2. The van der Waals surface area contributed by atoms with Crippen molar-refractivity contribution in [3.8, 4) is 11.5 Å². The maximum atomic E-state index is 14.8. The number of halogens is 1. The number of aliphatic hydroxyl groups excluding tert-OH is 1. The number of carbonyl (C=O) groups is 2. The first kappa shape index (κ1) is 25.8. The molecule has 3 aromatic rings. The normalized spacial score (nSPS) is 13.4. The number of hydrogen-bond acceptors (Lipinski definition) is 6. The average Bonchev–Trinajstić information content (AvgIpc) is 3.33. The van der Waals surface area contributed by atoms with Crippen molar-refractivity contribution in [3.05, 3.63) is 59.2 Å². The maximum Gasteiger partial charge on any atom is 0.317 e. The smallest absolute Gasteiger partial charge is 0.317 e. The molecule has 4 rings (SSSR count). The van der Waals surface area contributed by atoms with E-state index in [1.54, 1.807) is 27.7 Å². The van der Waals surface area contributed by atoms with Crippen LogP contribution in [0.25, 0.3) is 11.5 Å². The van der Waals surface area contributed by atoms with Crippen LogP contribution >= 0.6 is 0 Å². The van der Waals surface area contributed by atoms with Gasteiger partial charge in [-0.1, -0.05) is 13.5 Å². The summed E-state index contributed by atoms with van der Waals surface area (Å²) in [6, 6.07) is 7.40. The van der Waals surface area contributed by atoms with Crippen molar-refractivity contribution in [2.45, 2.75) is 40.3 Å². The van der Waals surface area contributed by atoms with Gasteiger partial charge in [0.05, 0.1) is 18.2 Å². The number of aliphatic hydroxyl groups is 1. The molecule has 1 aliphatic rings. The lowest BCUT2D eigenvalue weighted by molar-refractivity contribution is 0.102. The number of amides is 3. The third-order valence-corrected chi connectivity index (χ3v) is 5.69. The zero-order valence-electron chi connectivity index (χ0n) is 19.0. The molecule has 11 heteroatoms. The first-order valence-corrected chi connectivity index (χ1v) is 11.0. The molecule has 0 aliphatic carbocycles. The number of rotatable bonds is 6. The van der Waals surface area contributed by atoms with E-state index in [0.29, 0.717) is 37.6 Å². The molecule has 0 unspecified atom stereocenters. The molecule has 3 amide bonds. The highest BCUT2D eigenvalue weighted by atomic mass is 19.1. The van der Waals surface area contributed by atoms with Crippen LogP contribution < -0.4 is 10.6 Å². The van der Waals surface area contributed by atoms with Gasteiger partial charge in [-0.3, -0.25) is 4.79 Å². The predicted octanol–water partition coefficient (Wildman–Crippen LogP) is 3.01. The molecule has 1 aromatic carbocycles. The van der Waals surface area contributed by atoms with E-state index in [2.05, 4.69) is 25.8 Å². The van der Waals surface area contributed by atoms with Gasteiger partial charge in [0.2, 0.25) is 0 Å². The summed E-state index contributed by atoms with van der Waals surface area (Å²) in [5, 5.41) is 22.8. The molecule has 0 radical (unpaired) electrons. The van der Waals surface area contributed by atoms with E-state index < -0.39 is 11.7 Å². The summed E-state index contributed by atoms with van der Waals surface area (Å²) < 4.78 is 16.4. The second-order valence-electron chi connectivity index (χ2n) is 8.06. The Hall–Kier alpha value is -3.86. The molecule has 0 bridgehead atoms. The van der Waals surface area contributed by atoms with Gasteiger partial charge in [0.15, 0.2) is 5.82 Å². The molecule has 1 atom stereocenters. The van der Waals surface area contributed by atoms with Crippen LogP contribution in [0.3, 0.4) is 0 Å². The first-order chi connectivity index (χ1) is 16.4. The van der Waals surface area contributed by atoms with Gasteiger partial charge in [-0.2, -0.15) is 0 Å². The predicted molar refractivity (Wildman–Crippen MR) is 129 cm³/mol. The topological polar surface area (TPSA) is 125 Å². The summed E-state index contributed by atoms with van der Waals surface area (Å²) in [4.78, 5) is 31.1. The van der Waals surface area contributed by atoms with E-state index >= 15 is 0 Å². The molecule has 10 nitrogen and oxygen atoms in total. The zero-order chi connectivity index (χ0) is 24.2. The number of carbonyl (C=O) groups excluding carboxylic acids is 2. The number of hydrogen-bond donors (Lipinski definition) is 3. The van der Waals surface area contributed by atoms with Crippen LogP contribution in [0.1, 0.15) is 48.8 Å². The van der Waals surface area contributed by atoms with Crippen LogP contribution in [0, 0.1) is 5.82 Å². The highest BCUT2D eigenvalue weighted by molar-refractivity contribution is 6.04. The van der Waals surface area contributed by atoms with E-state index in [9.17, 15) is 19.1 Å². The largest absolute Gasteiger partial charge is 0.394 e. The molecule has 2 aromatic heterocycles. The molecule has 3 N–H and O–H groups in total. The van der Waals surface area contributed by atoms with Crippen molar-refractivity contribution in [2.75, 3.05) is 25.0 Å². The Balaban J connectivity index is 0.00000342. The monoisotopic (exact) mass is 483 g/mol. The van der Waals surface area contributed by atoms with E-state index in [0.717, 1.165) is 11.1 Å². The van der Waals surface area contributed by atoms with Gasteiger partial charge in [-0.15, -0.1) is 10.2 Å². The molecular weight excluding hydrogens is 453 g/mol. The summed E-state index contributed by atoms with van der Waals surface area (Å²) in [7, 11) is 0. The lowest BCUT2D eigenvalue weighted by atomic mass is 9.96. The molecular formula is C24H30FN7O3. The van der Waals surface area contributed by atoms with Crippen LogP contribution in [-0.2, 0) is 13.0 Å². The Morgan fingerprint density at radius 1 is 1.26 bits per heavy atom. The van der Waals surface area contributed by atoms with E-state index in [-0.39, 0.29) is 37.5 Å². The minimum absolute atomic E-state index is 0. The van der Waals surface area contributed by atoms with Crippen molar-refractivity contribution in [3.63, 3.8) is 0 Å². The van der Waals surface area contributed by atoms with Crippen LogP contribution in [0.2, 0.25) is 0 Å². The maximum absolute atomic E-state index is 14.8. The number of benzene rings is 1. The van der Waals surface area contributed by atoms with Crippen LogP contribution in [0.5, 0.6) is 0 Å². The van der Waals surface area contributed by atoms with Crippen molar-refractivity contribution < 1.29 is 19.1 Å². The molecule has 35 heavy (non-hydrogen) atoms. The Morgan fingerprint density at radius 3 is 2.80 bits per heavy atom. The van der Waals surface area contributed by atoms with Crippen LogP contribution in [0.4, 0.5) is 15.0 Å². The second kappa shape index (κ2) is 11.0. The standard InChI is InChI=1S/C23H26FN7O3.CH4/c1-3-25-23(34)30-8-7-15-10-18(24)17(9-16(15)11-30)22(33)28-20-6-4-5-19(27-20)21-29-26-13-31(21)14(2)12-32;/h4-6,9-10,13-14,32H,3,7-8,11-12H2,1-2H3,(H,25,34)(H,27,28,33);1H4/t14-;/m1./s1. The zero-order valence-corrected chi connectivity index (χ0v) is 19.0. The third kappa shape index (κ3) is 5.46. The third-order valence-electron chi connectivity index (χ3n) is 5.69. The molecule has 1 aliphatic heterocycles. The van der Waals surface area contributed by atoms with Crippen molar-refractivity contribution in [2.24, 2.45) is 0 Å². The van der Waals surface area contributed by atoms with Gasteiger partial charge in [0, 0.05) is 19.6 Å². The highest BCUT2D eigenvalue weighted by Gasteiger charge is 2.24. The number of fused-ring (bicyclic) bond motifs is 1. The number of urea groups is 1. The molecule has 0 fully saturated rings. The van der Waals surface area contributed by atoms with Gasteiger partial charge in [0.25, 0.3) is 5.91 Å². The second-order valence-corrected chi connectivity index (χ2v) is 8.06. The average molecular weight is 484 g/mol. The number of nitrogens with zero attached hydrogens (tertiary/aromatic N) is 5. The number of anilines is 1. The molecule has 0 saturated heterocycles. The lowest BCUT2D eigenvalue weighted by Gasteiger charge is -2.29. The fourth-order valence-electron chi connectivity index (χ4n) is 3.84. The van der Waals surface area contributed by atoms with Crippen LogP contribution in [0.15, 0.2) is 36.7 Å². The van der Waals surface area contributed by atoms with E-state index in [1.165, 1.54) is 18.5 Å². The Kier molecular flexibility index (Phi) is 8.13. The lowest BCUT2D eigenvalue weighted by Crippen LogP contribution is -2.42. The van der Waals surface area contributed by atoms with E-state index in [4.69, 9.17) is 0 Å². The summed E-state index contributed by atoms with van der Waals surface area (Å²) in [5.74, 6) is -0.626. The fourth-order valence-corrected chi connectivity index (χ4v) is 3.84. The van der Waals surface area contributed by atoms with Gasteiger partial charge < -0.3 is 25.2 Å². The summed E-state index contributed by atoms with van der Waals surface area (Å²) in [6.07, 6.45) is 2.01. The minimum Gasteiger partial charge on any atom is -0.394 e. The molecule has 186 valence electrons. The highest BCUT2D eigenvalue weighted by Crippen LogP contribution is 2.24. The van der Waals surface area contributed by atoms with Gasteiger partial charge in [-0.05, 0) is 55.7 Å².